The van der Waals surface area contributed by atoms with Gasteiger partial charge >= 0.3 is 6.09 Å². The predicted molar refractivity (Wildman–Crippen MR) is 103 cm³/mol. The molecule has 1 unspecified atom stereocenters. The zero-order chi connectivity index (χ0) is 21.1. The highest BCUT2D eigenvalue weighted by Crippen LogP contribution is 2.28. The Kier molecular flexibility index (Phi) is 6.59. The molecule has 9 heteroatoms. The molecule has 1 aromatic heterocycles. The van der Waals surface area contributed by atoms with Crippen molar-refractivity contribution in [2.45, 2.75) is 31.9 Å². The molecule has 5 N–H and O–H groups in total. The third kappa shape index (κ3) is 6.18. The van der Waals surface area contributed by atoms with Crippen LogP contribution in [0.3, 0.4) is 0 Å². The molecule has 148 valence electrons. The van der Waals surface area contributed by atoms with Crippen molar-refractivity contribution in [3.63, 3.8) is 0 Å². The summed E-state index contributed by atoms with van der Waals surface area (Å²) in [5.74, 6) is 3.69. The zero-order valence-electron chi connectivity index (χ0n) is 15.1. The van der Waals surface area contributed by atoms with Crippen molar-refractivity contribution < 1.29 is 23.8 Å². The minimum Gasteiger partial charge on any atom is -0.465 e. The number of nitrogen functional groups attached to an aromatic ring is 1. The largest absolute Gasteiger partial charge is 0.465 e. The van der Waals surface area contributed by atoms with Crippen LogP contribution in [0.4, 0.5) is 19.3 Å². The second kappa shape index (κ2) is 8.54. The molecule has 0 radical (unpaired) electrons. The number of nitrogens with zero attached hydrogens (tertiary/aromatic N) is 1. The van der Waals surface area contributed by atoms with Crippen molar-refractivity contribution >= 4 is 27.7 Å². The summed E-state index contributed by atoms with van der Waals surface area (Å²) in [6, 6.07) is 3.51. The van der Waals surface area contributed by atoms with Gasteiger partial charge in [-0.2, -0.15) is 0 Å². The Morgan fingerprint density at radius 2 is 1.93 bits per heavy atom. The van der Waals surface area contributed by atoms with Crippen LogP contribution in [-0.4, -0.2) is 26.9 Å². The van der Waals surface area contributed by atoms with Crippen molar-refractivity contribution in [2.75, 3.05) is 5.73 Å². The normalized spacial score (nSPS) is 12.1. The number of carboxylic acid groups (broad SMARTS) is 1. The Hall–Kier alpha value is -2.70. The van der Waals surface area contributed by atoms with E-state index < -0.39 is 29.4 Å². The number of hydrogen-bond acceptors (Lipinski definition) is 4. The van der Waals surface area contributed by atoms with E-state index in [1.165, 1.54) is 19.9 Å². The fourth-order valence-corrected chi connectivity index (χ4v) is 3.02. The summed E-state index contributed by atoms with van der Waals surface area (Å²) in [5, 5.41) is 21.2. The van der Waals surface area contributed by atoms with Crippen LogP contribution in [0.1, 0.15) is 36.8 Å². The van der Waals surface area contributed by atoms with Gasteiger partial charge in [0.2, 0.25) is 0 Å². The number of halogens is 3. The van der Waals surface area contributed by atoms with Gasteiger partial charge in [0.1, 0.15) is 22.9 Å². The van der Waals surface area contributed by atoms with Gasteiger partial charge in [-0.15, -0.1) is 0 Å². The van der Waals surface area contributed by atoms with E-state index in [-0.39, 0.29) is 29.1 Å². The molecule has 0 saturated carbocycles. The molecule has 0 spiro atoms. The summed E-state index contributed by atoms with van der Waals surface area (Å²) in [6.45, 7) is 2.98. The lowest BCUT2D eigenvalue weighted by Gasteiger charge is -2.19. The van der Waals surface area contributed by atoms with Gasteiger partial charge in [0.25, 0.3) is 0 Å². The number of anilines is 1. The van der Waals surface area contributed by atoms with E-state index in [2.05, 4.69) is 38.1 Å². The predicted octanol–water partition coefficient (Wildman–Crippen LogP) is 3.38. The molecular formula is C19H18BrF2N3O3. The fourth-order valence-electron chi connectivity index (χ4n) is 2.40. The summed E-state index contributed by atoms with van der Waals surface area (Å²) in [4.78, 5) is 15.5. The number of pyridine rings is 1. The number of hydrogen-bond donors (Lipinski definition) is 4. The quantitative estimate of drug-likeness (QED) is 0.530. The molecule has 2 aromatic rings. The first-order valence-corrected chi connectivity index (χ1v) is 8.90. The third-order valence-electron chi connectivity index (χ3n) is 3.51. The molecule has 0 bridgehead atoms. The topological polar surface area (TPSA) is 108 Å². The number of rotatable bonds is 4. The van der Waals surface area contributed by atoms with Crippen molar-refractivity contribution in [2.24, 2.45) is 0 Å². The number of aliphatic hydroxyl groups is 1. The minimum atomic E-state index is -1.34. The molecule has 0 fully saturated rings. The molecule has 0 aliphatic rings. The molecule has 1 heterocycles. The molecule has 28 heavy (non-hydrogen) atoms. The van der Waals surface area contributed by atoms with Crippen molar-refractivity contribution in [3.05, 3.63) is 57.3 Å². The van der Waals surface area contributed by atoms with Crippen LogP contribution in [0.2, 0.25) is 0 Å². The number of carbonyl (C=O) groups is 1. The Labute approximate surface area is 168 Å². The summed E-state index contributed by atoms with van der Waals surface area (Å²) in [7, 11) is 0. The molecule has 0 saturated heterocycles. The first-order valence-electron chi connectivity index (χ1n) is 8.10. The first-order chi connectivity index (χ1) is 12.9. The van der Waals surface area contributed by atoms with Gasteiger partial charge in [0, 0.05) is 10.5 Å². The van der Waals surface area contributed by atoms with Crippen molar-refractivity contribution in [1.82, 2.24) is 10.3 Å². The van der Waals surface area contributed by atoms with Gasteiger partial charge in [0.05, 0.1) is 17.4 Å². The number of aromatic nitrogens is 1. The molecule has 2 rings (SSSR count). The van der Waals surface area contributed by atoms with Gasteiger partial charge in [-0.3, -0.25) is 0 Å². The average Bonchev–Trinajstić information content (AvgIpc) is 2.51. The highest BCUT2D eigenvalue weighted by molar-refractivity contribution is 9.10. The maximum atomic E-state index is 13.5. The van der Waals surface area contributed by atoms with Gasteiger partial charge in [-0.1, -0.05) is 5.92 Å². The maximum Gasteiger partial charge on any atom is 0.405 e. The van der Waals surface area contributed by atoms with Crippen LogP contribution in [-0.2, 0) is 6.42 Å². The summed E-state index contributed by atoms with van der Waals surface area (Å²) < 4.78 is 27.4. The van der Waals surface area contributed by atoms with E-state index in [0.717, 1.165) is 18.2 Å². The highest BCUT2D eigenvalue weighted by Gasteiger charge is 2.21. The molecule has 1 amide bonds. The van der Waals surface area contributed by atoms with Gasteiger partial charge in [-0.25, -0.2) is 18.6 Å². The SMILES string of the molecule is CC(C)(O)C#Cc1nc(C(Cc2cc(F)cc(F)c2)NC(=O)O)c(Br)cc1N. The lowest BCUT2D eigenvalue weighted by molar-refractivity contribution is 0.143. The third-order valence-corrected chi connectivity index (χ3v) is 4.14. The molecule has 0 aliphatic heterocycles. The van der Waals surface area contributed by atoms with Crippen LogP contribution >= 0.6 is 15.9 Å². The standard InChI is InChI=1S/C19H18BrF2N3O3/c1-19(2,28)4-3-15-14(23)9-13(20)17(24-15)16(25-18(26)27)7-10-5-11(21)8-12(22)6-10/h5-6,8-9,16,25,28H,7,23H2,1-2H3,(H,26,27). The second-order valence-electron chi connectivity index (χ2n) is 6.59. The van der Waals surface area contributed by atoms with Crippen molar-refractivity contribution in [1.29, 1.82) is 0 Å². The van der Waals surface area contributed by atoms with Crippen LogP contribution in [0, 0.1) is 23.5 Å². The molecule has 1 atom stereocenters. The molecule has 1 aromatic carbocycles. The zero-order valence-corrected chi connectivity index (χ0v) is 16.6. The highest BCUT2D eigenvalue weighted by atomic mass is 79.9. The summed E-state index contributed by atoms with van der Waals surface area (Å²) >= 11 is 3.28. The van der Waals surface area contributed by atoms with Gasteiger partial charge in [0.15, 0.2) is 0 Å². The summed E-state index contributed by atoms with van der Waals surface area (Å²) in [6.07, 6.45) is -1.40. The maximum absolute atomic E-state index is 13.5. The van der Waals surface area contributed by atoms with Gasteiger partial charge < -0.3 is 21.3 Å². The Balaban J connectivity index is 2.50. The number of nitrogens with two attached hydrogens (primary N) is 1. The lowest BCUT2D eigenvalue weighted by Crippen LogP contribution is -2.29. The molecule has 0 aliphatic carbocycles. The van der Waals surface area contributed by atoms with E-state index in [1.54, 1.807) is 0 Å². The molecular weight excluding hydrogens is 436 g/mol. The van der Waals surface area contributed by atoms with Gasteiger partial charge in [-0.05, 0) is 65.9 Å². The van der Waals surface area contributed by atoms with E-state index >= 15 is 0 Å². The Morgan fingerprint density at radius 1 is 1.32 bits per heavy atom. The number of amides is 1. The van der Waals surface area contributed by atoms with Crippen LogP contribution in [0.15, 0.2) is 28.7 Å². The second-order valence-corrected chi connectivity index (χ2v) is 7.44. The summed E-state index contributed by atoms with van der Waals surface area (Å²) in [5.41, 5.74) is 5.46. The lowest BCUT2D eigenvalue weighted by atomic mass is 10.0. The minimum absolute atomic E-state index is 0.0607. The van der Waals surface area contributed by atoms with E-state index in [0.29, 0.717) is 4.47 Å². The van der Waals surface area contributed by atoms with Crippen molar-refractivity contribution in [3.8, 4) is 11.8 Å². The average molecular weight is 454 g/mol. The van der Waals surface area contributed by atoms with E-state index in [9.17, 15) is 18.7 Å². The smallest absolute Gasteiger partial charge is 0.405 e. The fraction of sp³-hybridized carbons (Fsp3) is 0.263. The molecule has 6 nitrogen and oxygen atoms in total. The van der Waals surface area contributed by atoms with Crippen LogP contribution in [0.5, 0.6) is 0 Å². The van der Waals surface area contributed by atoms with Crippen LogP contribution < -0.4 is 11.1 Å². The first kappa shape index (κ1) is 21.6. The van der Waals surface area contributed by atoms with E-state index in [1.807, 2.05) is 0 Å². The van der Waals surface area contributed by atoms with E-state index in [4.69, 9.17) is 10.8 Å². The Morgan fingerprint density at radius 3 is 2.46 bits per heavy atom. The number of nitrogens with one attached hydrogen (secondary N) is 1. The number of benzene rings is 1. The monoisotopic (exact) mass is 453 g/mol. The van der Waals surface area contributed by atoms with Crippen LogP contribution in [0.25, 0.3) is 0 Å². The Bertz CT molecular complexity index is 945.